The number of unbranched alkanes of at least 4 members (excludes halogenated alkanes) is 2. The number of hydrogen-bond acceptors (Lipinski definition) is 3. The minimum absolute atomic E-state index is 0.0810. The van der Waals surface area contributed by atoms with Crippen molar-refractivity contribution in [3.8, 4) is 0 Å². The lowest BCUT2D eigenvalue weighted by atomic mass is 9.89. The zero-order chi connectivity index (χ0) is 21.2. The van der Waals surface area contributed by atoms with Gasteiger partial charge >= 0.3 is 0 Å². The van der Waals surface area contributed by atoms with E-state index in [0.29, 0.717) is 36.3 Å². The first-order valence-corrected chi connectivity index (χ1v) is 10.3. The van der Waals surface area contributed by atoms with E-state index in [2.05, 4.69) is 16.0 Å². The van der Waals surface area contributed by atoms with Crippen molar-refractivity contribution in [1.82, 2.24) is 0 Å². The summed E-state index contributed by atoms with van der Waals surface area (Å²) in [5, 5.41) is 8.62. The van der Waals surface area contributed by atoms with Crippen LogP contribution in [0.5, 0.6) is 0 Å². The minimum Gasteiger partial charge on any atom is -0.326 e. The molecule has 6 heteroatoms. The van der Waals surface area contributed by atoms with Crippen LogP contribution in [0.15, 0.2) is 18.2 Å². The van der Waals surface area contributed by atoms with Crippen LogP contribution in [0.2, 0.25) is 0 Å². The fraction of sp³-hybridized carbons (Fsp3) is 0.591. The van der Waals surface area contributed by atoms with Gasteiger partial charge in [-0.25, -0.2) is 0 Å². The van der Waals surface area contributed by atoms with E-state index < -0.39 is 5.41 Å². The van der Waals surface area contributed by atoms with Crippen LogP contribution in [0.3, 0.4) is 0 Å². The summed E-state index contributed by atoms with van der Waals surface area (Å²) in [7, 11) is 0. The minimum atomic E-state index is -0.509. The van der Waals surface area contributed by atoms with Gasteiger partial charge in [-0.1, -0.05) is 47.5 Å². The van der Waals surface area contributed by atoms with Gasteiger partial charge in [0.2, 0.25) is 17.7 Å². The van der Waals surface area contributed by atoms with Crippen molar-refractivity contribution in [3.63, 3.8) is 0 Å². The number of carbonyl (C=O) groups is 3. The van der Waals surface area contributed by atoms with Gasteiger partial charge in [0, 0.05) is 35.3 Å². The summed E-state index contributed by atoms with van der Waals surface area (Å²) in [6.45, 7) is 9.79. The lowest BCUT2D eigenvalue weighted by molar-refractivity contribution is -0.124. The van der Waals surface area contributed by atoms with Gasteiger partial charge in [-0.05, 0) is 37.5 Å². The van der Waals surface area contributed by atoms with Crippen molar-refractivity contribution in [2.24, 2.45) is 5.41 Å². The van der Waals surface area contributed by atoms with Gasteiger partial charge in [0.1, 0.15) is 0 Å². The van der Waals surface area contributed by atoms with Gasteiger partial charge < -0.3 is 16.0 Å². The largest absolute Gasteiger partial charge is 0.326 e. The van der Waals surface area contributed by atoms with Crippen LogP contribution in [0.4, 0.5) is 17.1 Å². The Morgan fingerprint density at radius 2 is 1.14 bits per heavy atom. The molecule has 0 unspecified atom stereocenters. The average Bonchev–Trinajstić information content (AvgIpc) is 2.64. The molecule has 0 spiro atoms. The van der Waals surface area contributed by atoms with E-state index in [1.54, 1.807) is 18.2 Å². The summed E-state index contributed by atoms with van der Waals surface area (Å²) >= 11 is 0. The van der Waals surface area contributed by atoms with Gasteiger partial charge in [-0.15, -0.1) is 0 Å². The Balaban J connectivity index is 3.03. The van der Waals surface area contributed by atoms with E-state index in [-0.39, 0.29) is 17.7 Å². The molecule has 0 aliphatic heterocycles. The molecule has 0 saturated carbocycles. The quantitative estimate of drug-likeness (QED) is 0.479. The number of rotatable bonds is 11. The SMILES string of the molecule is CCCCC(=O)Nc1cc(NC(=O)CCCC)cc(NC(=O)C(C)(C)CC)c1. The Morgan fingerprint density at radius 3 is 1.50 bits per heavy atom. The maximum absolute atomic E-state index is 12.5. The molecule has 0 aliphatic rings. The van der Waals surface area contributed by atoms with Crippen molar-refractivity contribution in [3.05, 3.63) is 18.2 Å². The van der Waals surface area contributed by atoms with E-state index in [1.807, 2.05) is 34.6 Å². The molecule has 0 saturated heterocycles. The van der Waals surface area contributed by atoms with Crippen LogP contribution in [0.25, 0.3) is 0 Å². The molecule has 0 atom stereocenters. The molecule has 3 N–H and O–H groups in total. The van der Waals surface area contributed by atoms with E-state index in [4.69, 9.17) is 0 Å². The first-order chi connectivity index (χ1) is 13.2. The zero-order valence-corrected chi connectivity index (χ0v) is 17.9. The summed E-state index contributed by atoms with van der Waals surface area (Å²) in [5.41, 5.74) is 1.15. The Hall–Kier alpha value is -2.37. The third kappa shape index (κ3) is 8.11. The van der Waals surface area contributed by atoms with E-state index >= 15 is 0 Å². The van der Waals surface area contributed by atoms with Gasteiger partial charge in [0.25, 0.3) is 0 Å². The summed E-state index contributed by atoms with van der Waals surface area (Å²) in [4.78, 5) is 36.7. The third-order valence-corrected chi connectivity index (χ3v) is 4.77. The van der Waals surface area contributed by atoms with Crippen LogP contribution in [0.1, 0.15) is 79.6 Å². The molecule has 28 heavy (non-hydrogen) atoms. The molecule has 1 aromatic carbocycles. The lowest BCUT2D eigenvalue weighted by Gasteiger charge is -2.22. The number of carbonyl (C=O) groups excluding carboxylic acids is 3. The second-order valence-corrected chi connectivity index (χ2v) is 7.79. The molecule has 0 fully saturated rings. The number of amides is 3. The molecular formula is C22H35N3O3. The van der Waals surface area contributed by atoms with Crippen molar-refractivity contribution < 1.29 is 14.4 Å². The van der Waals surface area contributed by atoms with Crippen molar-refractivity contribution >= 4 is 34.8 Å². The second-order valence-electron chi connectivity index (χ2n) is 7.79. The molecule has 156 valence electrons. The summed E-state index contributed by atoms with van der Waals surface area (Å²) in [6, 6.07) is 5.15. The summed E-state index contributed by atoms with van der Waals surface area (Å²) in [5.74, 6) is -0.266. The highest BCUT2D eigenvalue weighted by molar-refractivity contribution is 5.99. The van der Waals surface area contributed by atoms with Gasteiger partial charge in [0.15, 0.2) is 0 Å². The highest BCUT2D eigenvalue weighted by Crippen LogP contribution is 2.27. The maximum Gasteiger partial charge on any atom is 0.230 e. The lowest BCUT2D eigenvalue weighted by Crippen LogP contribution is -2.30. The van der Waals surface area contributed by atoms with E-state index in [9.17, 15) is 14.4 Å². The first kappa shape index (κ1) is 23.7. The number of nitrogens with one attached hydrogen (secondary N) is 3. The number of hydrogen-bond donors (Lipinski definition) is 3. The number of anilines is 3. The average molecular weight is 390 g/mol. The molecule has 3 amide bonds. The fourth-order valence-electron chi connectivity index (χ4n) is 2.43. The van der Waals surface area contributed by atoms with Crippen LogP contribution in [-0.4, -0.2) is 17.7 Å². The normalized spacial score (nSPS) is 11.0. The summed E-state index contributed by atoms with van der Waals surface area (Å²) in [6.07, 6.45) is 5.08. The van der Waals surface area contributed by atoms with Gasteiger partial charge in [-0.2, -0.15) is 0 Å². The standard InChI is InChI=1S/C22H35N3O3/c1-6-9-11-19(26)23-16-13-17(24-20(27)12-10-7-2)15-18(14-16)25-21(28)22(4,5)8-3/h13-15H,6-12H2,1-5H3,(H,23,26)(H,24,27)(H,25,28). The molecule has 0 aliphatic carbocycles. The molecule has 0 heterocycles. The fourth-order valence-corrected chi connectivity index (χ4v) is 2.43. The Labute approximate surface area is 168 Å². The van der Waals surface area contributed by atoms with Crippen molar-refractivity contribution in [2.75, 3.05) is 16.0 Å². The van der Waals surface area contributed by atoms with Crippen molar-refractivity contribution in [1.29, 1.82) is 0 Å². The zero-order valence-electron chi connectivity index (χ0n) is 17.9. The smallest absolute Gasteiger partial charge is 0.230 e. The van der Waals surface area contributed by atoms with Crippen LogP contribution in [0, 0.1) is 5.41 Å². The topological polar surface area (TPSA) is 87.3 Å². The Bertz CT molecular complexity index is 643. The molecule has 1 rings (SSSR count). The van der Waals surface area contributed by atoms with Crippen LogP contribution >= 0.6 is 0 Å². The molecule has 0 aromatic heterocycles. The van der Waals surface area contributed by atoms with E-state index in [0.717, 1.165) is 25.7 Å². The molecule has 0 bridgehead atoms. The molecule has 0 radical (unpaired) electrons. The third-order valence-electron chi connectivity index (χ3n) is 4.77. The Morgan fingerprint density at radius 1 is 0.750 bits per heavy atom. The molecular weight excluding hydrogens is 354 g/mol. The monoisotopic (exact) mass is 389 g/mol. The van der Waals surface area contributed by atoms with Crippen molar-refractivity contribution in [2.45, 2.75) is 79.6 Å². The van der Waals surface area contributed by atoms with Gasteiger partial charge in [0.05, 0.1) is 0 Å². The second kappa shape index (κ2) is 11.5. The highest BCUT2D eigenvalue weighted by Gasteiger charge is 2.25. The first-order valence-electron chi connectivity index (χ1n) is 10.3. The Kier molecular flexibility index (Phi) is 9.69. The highest BCUT2D eigenvalue weighted by atomic mass is 16.2. The van der Waals surface area contributed by atoms with Crippen LogP contribution < -0.4 is 16.0 Å². The van der Waals surface area contributed by atoms with Crippen LogP contribution in [-0.2, 0) is 14.4 Å². The van der Waals surface area contributed by atoms with Gasteiger partial charge in [-0.3, -0.25) is 14.4 Å². The number of benzene rings is 1. The summed E-state index contributed by atoms with van der Waals surface area (Å²) < 4.78 is 0. The predicted molar refractivity (Wildman–Crippen MR) is 115 cm³/mol. The maximum atomic E-state index is 12.5. The molecule has 6 nitrogen and oxygen atoms in total. The van der Waals surface area contributed by atoms with E-state index in [1.165, 1.54) is 0 Å². The molecule has 1 aromatic rings. The predicted octanol–water partition coefficient (Wildman–Crippen LogP) is 5.32.